The Kier molecular flexibility index (Phi) is 3.68. The Hall–Kier alpha value is -1.80. The molecular weight excluding hydrogens is 220 g/mol. The minimum Gasteiger partial charge on any atom is -0.399 e. The summed E-state index contributed by atoms with van der Waals surface area (Å²) in [6.07, 6.45) is 0. The summed E-state index contributed by atoms with van der Waals surface area (Å²) in [7, 11) is 4.20. The minimum absolute atomic E-state index is 0.270. The molecule has 0 heterocycles. The Labute approximate surface area is 109 Å². The summed E-state index contributed by atoms with van der Waals surface area (Å²) in [4.78, 5) is 2.22. The summed E-state index contributed by atoms with van der Waals surface area (Å²) >= 11 is 0. The Balaban J connectivity index is 2.39. The van der Waals surface area contributed by atoms with Gasteiger partial charge in [0, 0.05) is 5.69 Å². The molecule has 18 heavy (non-hydrogen) atoms. The molecule has 0 radical (unpaired) electrons. The van der Waals surface area contributed by atoms with Crippen molar-refractivity contribution in [2.75, 3.05) is 19.8 Å². The van der Waals surface area contributed by atoms with E-state index in [2.05, 4.69) is 62.3 Å². The van der Waals surface area contributed by atoms with Gasteiger partial charge >= 0.3 is 0 Å². The molecule has 2 nitrogen and oxygen atoms in total. The normalized spacial score (nSPS) is 12.7. The van der Waals surface area contributed by atoms with E-state index in [0.717, 1.165) is 5.69 Å². The van der Waals surface area contributed by atoms with Crippen LogP contribution in [0.4, 0.5) is 5.69 Å². The molecule has 0 aliphatic heterocycles. The predicted octanol–water partition coefficient (Wildman–Crippen LogP) is 3.23. The molecule has 0 aromatic heterocycles. The van der Waals surface area contributed by atoms with Gasteiger partial charge in [-0.25, -0.2) is 0 Å². The van der Waals surface area contributed by atoms with Crippen LogP contribution >= 0.6 is 0 Å². The van der Waals surface area contributed by atoms with Crippen molar-refractivity contribution in [1.29, 1.82) is 0 Å². The van der Waals surface area contributed by atoms with E-state index < -0.39 is 0 Å². The molecule has 2 heteroatoms. The SMILES string of the molecule is Cc1ccc(C(c2ccc(N)cc2)N(C)C)cc1. The molecule has 0 saturated heterocycles. The highest BCUT2D eigenvalue weighted by atomic mass is 15.1. The number of benzene rings is 2. The number of hydrogen-bond donors (Lipinski definition) is 1. The summed E-state index contributed by atoms with van der Waals surface area (Å²) in [6.45, 7) is 2.11. The van der Waals surface area contributed by atoms with Gasteiger partial charge in [-0.05, 0) is 44.3 Å². The highest BCUT2D eigenvalue weighted by Crippen LogP contribution is 2.27. The molecule has 2 N–H and O–H groups in total. The maximum atomic E-state index is 5.75. The van der Waals surface area contributed by atoms with Crippen LogP contribution in [-0.2, 0) is 0 Å². The van der Waals surface area contributed by atoms with Crippen molar-refractivity contribution in [2.24, 2.45) is 0 Å². The van der Waals surface area contributed by atoms with Gasteiger partial charge in [-0.3, -0.25) is 4.90 Å². The molecule has 2 rings (SSSR count). The molecule has 2 aromatic rings. The Morgan fingerprint density at radius 3 is 1.72 bits per heavy atom. The lowest BCUT2D eigenvalue weighted by Gasteiger charge is -2.25. The van der Waals surface area contributed by atoms with E-state index in [9.17, 15) is 0 Å². The first kappa shape index (κ1) is 12.7. The van der Waals surface area contributed by atoms with Crippen LogP contribution in [0.15, 0.2) is 48.5 Å². The maximum absolute atomic E-state index is 5.75. The van der Waals surface area contributed by atoms with Gasteiger partial charge in [0.1, 0.15) is 0 Å². The van der Waals surface area contributed by atoms with Gasteiger partial charge in [0.25, 0.3) is 0 Å². The topological polar surface area (TPSA) is 29.3 Å². The van der Waals surface area contributed by atoms with Crippen LogP contribution in [0, 0.1) is 6.92 Å². The van der Waals surface area contributed by atoms with Crippen molar-refractivity contribution in [3.63, 3.8) is 0 Å². The van der Waals surface area contributed by atoms with E-state index in [1.54, 1.807) is 0 Å². The van der Waals surface area contributed by atoms with Crippen molar-refractivity contribution >= 4 is 5.69 Å². The zero-order valence-electron chi connectivity index (χ0n) is 11.2. The lowest BCUT2D eigenvalue weighted by molar-refractivity contribution is 0.342. The van der Waals surface area contributed by atoms with Gasteiger partial charge in [0.15, 0.2) is 0 Å². The third kappa shape index (κ3) is 2.71. The van der Waals surface area contributed by atoms with E-state index in [-0.39, 0.29) is 6.04 Å². The summed E-state index contributed by atoms with van der Waals surface area (Å²) in [6, 6.07) is 17.1. The first-order chi connectivity index (χ1) is 8.58. The second-order valence-corrected chi connectivity index (χ2v) is 4.94. The van der Waals surface area contributed by atoms with Crippen molar-refractivity contribution in [3.05, 3.63) is 65.2 Å². The Bertz CT molecular complexity index is 452. The molecule has 0 aliphatic rings. The second kappa shape index (κ2) is 5.23. The number of aryl methyl sites for hydroxylation is 1. The zero-order chi connectivity index (χ0) is 13.1. The molecule has 0 amide bonds. The van der Waals surface area contributed by atoms with Crippen LogP contribution in [-0.4, -0.2) is 19.0 Å². The summed E-state index contributed by atoms with van der Waals surface area (Å²) in [5.74, 6) is 0. The average Bonchev–Trinajstić information content (AvgIpc) is 2.34. The quantitative estimate of drug-likeness (QED) is 0.835. The van der Waals surface area contributed by atoms with Gasteiger partial charge in [-0.1, -0.05) is 42.0 Å². The molecule has 0 bridgehead atoms. The van der Waals surface area contributed by atoms with Crippen molar-refractivity contribution in [1.82, 2.24) is 4.90 Å². The number of anilines is 1. The second-order valence-electron chi connectivity index (χ2n) is 4.94. The highest BCUT2D eigenvalue weighted by molar-refractivity contribution is 5.42. The van der Waals surface area contributed by atoms with Crippen molar-refractivity contribution < 1.29 is 0 Å². The van der Waals surface area contributed by atoms with Gasteiger partial charge in [-0.15, -0.1) is 0 Å². The van der Waals surface area contributed by atoms with Gasteiger partial charge in [0.2, 0.25) is 0 Å². The average molecular weight is 240 g/mol. The number of rotatable bonds is 3. The van der Waals surface area contributed by atoms with E-state index in [4.69, 9.17) is 5.73 Å². The highest BCUT2D eigenvalue weighted by Gasteiger charge is 2.15. The van der Waals surface area contributed by atoms with Crippen LogP contribution < -0.4 is 5.73 Å². The van der Waals surface area contributed by atoms with E-state index in [0.29, 0.717) is 0 Å². The van der Waals surface area contributed by atoms with Crippen LogP contribution in [0.1, 0.15) is 22.7 Å². The number of nitrogens with two attached hydrogens (primary N) is 1. The van der Waals surface area contributed by atoms with Crippen molar-refractivity contribution in [2.45, 2.75) is 13.0 Å². The maximum Gasteiger partial charge on any atom is 0.0596 e. The van der Waals surface area contributed by atoms with E-state index >= 15 is 0 Å². The molecule has 0 aliphatic carbocycles. The third-order valence-corrected chi connectivity index (χ3v) is 3.16. The monoisotopic (exact) mass is 240 g/mol. The standard InChI is InChI=1S/C16H20N2/c1-12-4-6-13(7-5-12)16(18(2)3)14-8-10-15(17)11-9-14/h4-11,16H,17H2,1-3H3. The van der Waals surface area contributed by atoms with Gasteiger partial charge in [-0.2, -0.15) is 0 Å². The van der Waals surface area contributed by atoms with E-state index in [1.165, 1.54) is 16.7 Å². The molecule has 0 spiro atoms. The van der Waals surface area contributed by atoms with Crippen molar-refractivity contribution in [3.8, 4) is 0 Å². The molecule has 2 aromatic carbocycles. The first-order valence-electron chi connectivity index (χ1n) is 6.16. The predicted molar refractivity (Wildman–Crippen MR) is 77.6 cm³/mol. The molecule has 0 saturated carbocycles. The fraction of sp³-hybridized carbons (Fsp3) is 0.250. The first-order valence-corrected chi connectivity index (χ1v) is 6.16. The molecule has 0 fully saturated rings. The largest absolute Gasteiger partial charge is 0.399 e. The van der Waals surface area contributed by atoms with E-state index in [1.807, 2.05) is 12.1 Å². The minimum atomic E-state index is 0.270. The number of hydrogen-bond acceptors (Lipinski definition) is 2. The van der Waals surface area contributed by atoms with Crippen LogP contribution in [0.25, 0.3) is 0 Å². The van der Waals surface area contributed by atoms with Gasteiger partial charge in [0.05, 0.1) is 6.04 Å². The molecule has 1 atom stereocenters. The summed E-state index contributed by atoms with van der Waals surface area (Å²) < 4.78 is 0. The van der Waals surface area contributed by atoms with Gasteiger partial charge < -0.3 is 5.73 Å². The Morgan fingerprint density at radius 1 is 0.833 bits per heavy atom. The zero-order valence-corrected chi connectivity index (χ0v) is 11.2. The fourth-order valence-electron chi connectivity index (χ4n) is 2.22. The molecule has 94 valence electrons. The summed E-state index contributed by atoms with van der Waals surface area (Å²) in [5, 5.41) is 0. The number of nitrogen functional groups attached to an aromatic ring is 1. The summed E-state index contributed by atoms with van der Waals surface area (Å²) in [5.41, 5.74) is 10.4. The van der Waals surface area contributed by atoms with Crippen LogP contribution in [0.5, 0.6) is 0 Å². The molecular formula is C16H20N2. The van der Waals surface area contributed by atoms with Crippen LogP contribution in [0.3, 0.4) is 0 Å². The smallest absolute Gasteiger partial charge is 0.0596 e. The molecule has 1 unspecified atom stereocenters. The third-order valence-electron chi connectivity index (χ3n) is 3.16. The fourth-order valence-corrected chi connectivity index (χ4v) is 2.22. The lowest BCUT2D eigenvalue weighted by atomic mass is 9.97. The lowest BCUT2D eigenvalue weighted by Crippen LogP contribution is -2.21. The Morgan fingerprint density at radius 2 is 1.28 bits per heavy atom. The van der Waals surface area contributed by atoms with Crippen LogP contribution in [0.2, 0.25) is 0 Å². The number of nitrogens with zero attached hydrogens (tertiary/aromatic N) is 1.